The van der Waals surface area contributed by atoms with E-state index in [-0.39, 0.29) is 12.5 Å². The molecule has 1 aromatic heterocycles. The van der Waals surface area contributed by atoms with E-state index >= 15 is 0 Å². The number of amides is 1. The van der Waals surface area contributed by atoms with Gasteiger partial charge in [-0.1, -0.05) is 53.1 Å². The highest BCUT2D eigenvalue weighted by molar-refractivity contribution is 9.10. The van der Waals surface area contributed by atoms with E-state index in [0.717, 1.165) is 21.9 Å². The average molecular weight is 403 g/mol. The third kappa shape index (κ3) is 4.29. The molecule has 0 atom stereocenters. The van der Waals surface area contributed by atoms with Crippen LogP contribution in [0.1, 0.15) is 48.9 Å². The van der Waals surface area contributed by atoms with Gasteiger partial charge in [0.1, 0.15) is 7.85 Å². The van der Waals surface area contributed by atoms with Gasteiger partial charge in [-0.15, -0.1) is 0 Å². The maximum absolute atomic E-state index is 12.8. The lowest BCUT2D eigenvalue weighted by molar-refractivity contribution is 0.0947. The maximum atomic E-state index is 12.8. The molecule has 3 rings (SSSR count). The molecule has 1 amide bonds. The second-order valence-corrected chi connectivity index (χ2v) is 7.78. The Bertz CT molecular complexity index is 751. The predicted molar refractivity (Wildman–Crippen MR) is 106 cm³/mol. The van der Waals surface area contributed by atoms with Crippen LogP contribution in [0.2, 0.25) is 0 Å². The summed E-state index contributed by atoms with van der Waals surface area (Å²) in [7, 11) is 5.94. The second kappa shape index (κ2) is 8.41. The van der Waals surface area contributed by atoms with Crippen LogP contribution in [0.4, 0.5) is 0 Å². The van der Waals surface area contributed by atoms with Crippen molar-refractivity contribution in [3.05, 3.63) is 28.4 Å². The third-order valence-corrected chi connectivity index (χ3v) is 5.69. The number of aliphatic hydroxyl groups is 1. The molecule has 1 heterocycles. The Morgan fingerprint density at radius 3 is 2.68 bits per heavy atom. The molecule has 25 heavy (non-hydrogen) atoms. The second-order valence-electron chi connectivity index (χ2n) is 6.92. The van der Waals surface area contributed by atoms with Gasteiger partial charge in [0.25, 0.3) is 5.91 Å². The zero-order chi connectivity index (χ0) is 17.8. The first-order chi connectivity index (χ1) is 12.1. The fourth-order valence-corrected chi connectivity index (χ4v) is 4.44. The number of nitrogens with zero attached hydrogens (tertiary/aromatic N) is 1. The highest BCUT2D eigenvalue weighted by Gasteiger charge is 2.19. The van der Waals surface area contributed by atoms with Crippen LogP contribution in [-0.2, 0) is 6.54 Å². The van der Waals surface area contributed by atoms with Crippen LogP contribution in [0.3, 0.4) is 0 Å². The molecule has 1 aliphatic carbocycles. The Morgan fingerprint density at radius 2 is 2.00 bits per heavy atom. The maximum Gasteiger partial charge on any atom is 0.253 e. The summed E-state index contributed by atoms with van der Waals surface area (Å²) in [5.74, 6) is 0.521. The van der Waals surface area contributed by atoms with Crippen LogP contribution in [0.15, 0.2) is 22.8 Å². The van der Waals surface area contributed by atoms with Crippen molar-refractivity contribution in [1.82, 2.24) is 9.88 Å². The first kappa shape index (κ1) is 18.5. The van der Waals surface area contributed by atoms with Crippen molar-refractivity contribution >= 4 is 46.0 Å². The van der Waals surface area contributed by atoms with E-state index in [2.05, 4.69) is 21.2 Å². The van der Waals surface area contributed by atoms with Gasteiger partial charge < -0.3 is 15.0 Å². The first-order valence-corrected chi connectivity index (χ1v) is 9.86. The van der Waals surface area contributed by atoms with Gasteiger partial charge in [0.05, 0.1) is 12.2 Å². The standard InChI is InChI=1S/C19H24BBrN2O2/c20-14-9-16(21)18-15(12-23(7-8-24)17(18)10-14)19(25)22-11-13-5-3-1-2-4-6-13/h9-10,12-13,24H,1-8,11H2,(H,22,25). The lowest BCUT2D eigenvalue weighted by Gasteiger charge is -2.14. The van der Waals surface area contributed by atoms with Crippen molar-refractivity contribution in [2.45, 2.75) is 45.1 Å². The largest absolute Gasteiger partial charge is 0.395 e. The minimum absolute atomic E-state index is 0.0132. The number of fused-ring (bicyclic) bond motifs is 1. The molecular formula is C19H24BBrN2O2. The molecule has 2 aromatic rings. The molecule has 132 valence electrons. The molecule has 4 nitrogen and oxygen atoms in total. The van der Waals surface area contributed by atoms with Crippen LogP contribution in [0, 0.1) is 5.92 Å². The van der Waals surface area contributed by atoms with Gasteiger partial charge in [-0.25, -0.2) is 0 Å². The lowest BCUT2D eigenvalue weighted by atomic mass is 9.95. The predicted octanol–water partition coefficient (Wildman–Crippen LogP) is 2.89. The molecule has 0 spiro atoms. The van der Waals surface area contributed by atoms with Gasteiger partial charge in [-0.3, -0.25) is 4.79 Å². The summed E-state index contributed by atoms with van der Waals surface area (Å²) in [4.78, 5) is 12.8. The molecule has 1 fully saturated rings. The number of carbonyl (C=O) groups is 1. The molecule has 0 aliphatic heterocycles. The minimum atomic E-state index is -0.0589. The number of hydrogen-bond donors (Lipinski definition) is 2. The van der Waals surface area contributed by atoms with Crippen LogP contribution in [0.5, 0.6) is 0 Å². The number of aromatic nitrogens is 1. The van der Waals surface area contributed by atoms with Crippen LogP contribution < -0.4 is 10.8 Å². The van der Waals surface area contributed by atoms with E-state index in [9.17, 15) is 9.90 Å². The van der Waals surface area contributed by atoms with Crippen LogP contribution >= 0.6 is 15.9 Å². The van der Waals surface area contributed by atoms with Crippen molar-refractivity contribution < 1.29 is 9.90 Å². The normalized spacial score (nSPS) is 16.1. The Hall–Kier alpha value is -1.27. The van der Waals surface area contributed by atoms with Crippen LogP contribution in [0.25, 0.3) is 10.9 Å². The summed E-state index contributed by atoms with van der Waals surface area (Å²) in [6.45, 7) is 1.18. The van der Waals surface area contributed by atoms with E-state index in [1.807, 2.05) is 22.9 Å². The molecule has 2 N–H and O–H groups in total. The monoisotopic (exact) mass is 402 g/mol. The van der Waals surface area contributed by atoms with E-state index in [4.69, 9.17) is 7.85 Å². The quantitative estimate of drug-likeness (QED) is 0.596. The molecule has 1 aromatic carbocycles. The molecular weight excluding hydrogens is 379 g/mol. The summed E-state index contributed by atoms with van der Waals surface area (Å²) < 4.78 is 2.69. The number of hydrogen-bond acceptors (Lipinski definition) is 2. The minimum Gasteiger partial charge on any atom is -0.395 e. The third-order valence-electron chi connectivity index (χ3n) is 5.07. The zero-order valence-electron chi connectivity index (χ0n) is 14.4. The fourth-order valence-electron chi connectivity index (χ4n) is 3.76. The number of carbonyl (C=O) groups excluding carboxylic acids is 1. The average Bonchev–Trinajstić information content (AvgIpc) is 2.77. The number of halogens is 1. The van der Waals surface area contributed by atoms with Gasteiger partial charge in [0, 0.05) is 34.7 Å². The van der Waals surface area contributed by atoms with E-state index in [1.54, 1.807) is 0 Å². The molecule has 0 bridgehead atoms. The summed E-state index contributed by atoms with van der Waals surface area (Å²) in [6.07, 6.45) is 9.37. The smallest absolute Gasteiger partial charge is 0.253 e. The Balaban J connectivity index is 1.83. The summed E-state index contributed by atoms with van der Waals surface area (Å²) in [5.41, 5.74) is 2.12. The Labute approximate surface area is 158 Å². The molecule has 1 saturated carbocycles. The summed E-state index contributed by atoms with van der Waals surface area (Å²) >= 11 is 3.53. The number of rotatable bonds is 5. The van der Waals surface area contributed by atoms with Crippen molar-refractivity contribution in [3.8, 4) is 0 Å². The number of aliphatic hydroxyl groups excluding tert-OH is 1. The van der Waals surface area contributed by atoms with Gasteiger partial charge in [-0.2, -0.15) is 0 Å². The van der Waals surface area contributed by atoms with E-state index in [1.165, 1.54) is 38.5 Å². The van der Waals surface area contributed by atoms with Crippen molar-refractivity contribution in [2.75, 3.05) is 13.2 Å². The van der Waals surface area contributed by atoms with Gasteiger partial charge in [0.15, 0.2) is 0 Å². The van der Waals surface area contributed by atoms with Gasteiger partial charge in [0.2, 0.25) is 0 Å². The van der Waals surface area contributed by atoms with E-state index in [0.29, 0.717) is 23.5 Å². The van der Waals surface area contributed by atoms with Crippen molar-refractivity contribution in [3.63, 3.8) is 0 Å². The Kier molecular flexibility index (Phi) is 6.23. The number of benzene rings is 1. The molecule has 6 heteroatoms. The topological polar surface area (TPSA) is 54.3 Å². The van der Waals surface area contributed by atoms with Crippen molar-refractivity contribution in [2.24, 2.45) is 5.92 Å². The SMILES string of the molecule is [B]c1cc(Br)c2c(C(=O)NCC3CCCCCC3)cn(CCO)c2c1. The van der Waals surface area contributed by atoms with E-state index < -0.39 is 0 Å². The number of nitrogens with one attached hydrogen (secondary N) is 1. The highest BCUT2D eigenvalue weighted by Crippen LogP contribution is 2.29. The lowest BCUT2D eigenvalue weighted by Crippen LogP contribution is -2.29. The molecule has 1 aliphatic rings. The molecule has 0 unspecified atom stereocenters. The fraction of sp³-hybridized carbons (Fsp3) is 0.526. The van der Waals surface area contributed by atoms with Crippen molar-refractivity contribution in [1.29, 1.82) is 0 Å². The van der Waals surface area contributed by atoms with Crippen LogP contribution in [-0.4, -0.2) is 36.6 Å². The Morgan fingerprint density at radius 1 is 1.28 bits per heavy atom. The van der Waals surface area contributed by atoms with Gasteiger partial charge >= 0.3 is 0 Å². The highest BCUT2D eigenvalue weighted by atomic mass is 79.9. The van der Waals surface area contributed by atoms with Gasteiger partial charge in [-0.05, 0) is 24.8 Å². The molecule has 0 saturated heterocycles. The summed E-state index contributed by atoms with van der Waals surface area (Å²) in [6, 6.07) is 3.66. The summed E-state index contributed by atoms with van der Waals surface area (Å²) in [5, 5.41) is 13.3. The molecule has 2 radical (unpaired) electrons. The first-order valence-electron chi connectivity index (χ1n) is 9.07. The zero-order valence-corrected chi connectivity index (χ0v) is 16.0.